The Kier molecular flexibility index (Phi) is 10.1. The third-order valence-corrected chi connectivity index (χ3v) is 13.5. The van der Waals surface area contributed by atoms with E-state index >= 15 is 0 Å². The van der Waals surface area contributed by atoms with Gasteiger partial charge in [0.05, 0.1) is 42.5 Å². The van der Waals surface area contributed by atoms with Gasteiger partial charge in [0, 0.05) is 31.0 Å². The molecule has 286 valence electrons. The highest BCUT2D eigenvalue weighted by atomic mass is 16.6. The minimum Gasteiger partial charge on any atom is -0.446 e. The van der Waals surface area contributed by atoms with Crippen molar-refractivity contribution in [2.24, 2.45) is 17.8 Å². The second kappa shape index (κ2) is 13.9. The number of alkyl carbamates (subject to hydrolysis) is 2. The van der Waals surface area contributed by atoms with E-state index in [1.165, 1.54) is 11.1 Å². The molecule has 7 rings (SSSR count). The number of hydrogen-bond donors (Lipinski definition) is 2. The third-order valence-electron chi connectivity index (χ3n) is 13.5. The van der Waals surface area contributed by atoms with E-state index in [9.17, 15) is 9.59 Å². The summed E-state index contributed by atoms with van der Waals surface area (Å²) < 4.78 is 43.0. The summed E-state index contributed by atoms with van der Waals surface area (Å²) in [5, 5.41) is 6.23. The van der Waals surface area contributed by atoms with E-state index in [1.807, 2.05) is 0 Å². The van der Waals surface area contributed by atoms with Crippen molar-refractivity contribution in [1.29, 1.82) is 0 Å². The number of carbonyl (C=O) groups excluding carboxylic acids is 2. The van der Waals surface area contributed by atoms with E-state index in [0.29, 0.717) is 13.0 Å². The Morgan fingerprint density at radius 2 is 1.14 bits per heavy atom. The van der Waals surface area contributed by atoms with Gasteiger partial charge < -0.3 is 43.8 Å². The fourth-order valence-corrected chi connectivity index (χ4v) is 10.4. The van der Waals surface area contributed by atoms with E-state index in [4.69, 9.17) is 33.2 Å². The van der Waals surface area contributed by atoms with Crippen LogP contribution in [0.15, 0.2) is 23.3 Å². The van der Waals surface area contributed by atoms with Gasteiger partial charge in [0.25, 0.3) is 0 Å². The second-order valence-electron chi connectivity index (χ2n) is 17.6. The van der Waals surface area contributed by atoms with E-state index < -0.39 is 6.09 Å². The molecule has 2 N–H and O–H groups in total. The molecule has 11 nitrogen and oxygen atoms in total. The molecule has 2 spiro atoms. The molecule has 7 fully saturated rings. The van der Waals surface area contributed by atoms with Gasteiger partial charge in [0.2, 0.25) is 0 Å². The Morgan fingerprint density at radius 3 is 1.59 bits per heavy atom. The highest BCUT2D eigenvalue weighted by Gasteiger charge is 2.73. The Balaban J connectivity index is 0.861. The van der Waals surface area contributed by atoms with Crippen molar-refractivity contribution in [2.45, 2.75) is 178 Å². The normalized spacial score (nSPS) is 46.4. The lowest BCUT2D eigenvalue weighted by Crippen LogP contribution is -2.56. The summed E-state index contributed by atoms with van der Waals surface area (Å²) in [6, 6.07) is -0.0161. The first-order chi connectivity index (χ1) is 24.2. The van der Waals surface area contributed by atoms with Crippen LogP contribution in [-0.4, -0.2) is 97.5 Å². The van der Waals surface area contributed by atoms with Crippen LogP contribution in [0.4, 0.5) is 9.59 Å². The maximum absolute atomic E-state index is 13.2. The molecule has 11 heteroatoms. The molecule has 4 aliphatic heterocycles. The van der Waals surface area contributed by atoms with Crippen LogP contribution in [0.5, 0.6) is 0 Å². The summed E-state index contributed by atoms with van der Waals surface area (Å²) >= 11 is 0. The topological polar surface area (TPSA) is 136 Å². The van der Waals surface area contributed by atoms with Gasteiger partial charge in [0.1, 0.15) is 29.5 Å². The minimum absolute atomic E-state index is 0.00221. The van der Waals surface area contributed by atoms with E-state index in [1.54, 1.807) is 7.11 Å². The fourth-order valence-electron chi connectivity index (χ4n) is 10.4. The highest BCUT2D eigenvalue weighted by Crippen LogP contribution is 2.61. The first-order valence-electron chi connectivity index (χ1n) is 19.6. The summed E-state index contributed by atoms with van der Waals surface area (Å²) in [4.78, 5) is 26.4. The fraction of sp³-hybridized carbons (Fsp3) is 0.850. The Morgan fingerprint density at radius 1 is 0.706 bits per heavy atom. The lowest BCUT2D eigenvalue weighted by atomic mass is 9.64. The zero-order valence-electron chi connectivity index (χ0n) is 32.1. The Labute approximate surface area is 304 Å². The standard InChI is InChI=1S/C40H62N2O9/c1-23(2)9-15-30-37(6,50-30)33-25(5)28(17-19-39(33)21-46-39)48-35(43)41-26-11-13-27(14-12-26)42-36(44)49-29-18-20-40(22-47-40)34(32(29)45-8)38(7)31(51-38)16-10-24(3)4/h9-10,25-34H,11-22H2,1-8H3,(H,41,43)(H,42,44)/t25-,26-,27-,28-,29-,30-,31-,32-,33-,34-,37+,38+,39+,40+/m1/s1. The molecule has 0 unspecified atom stereocenters. The van der Waals surface area contributed by atoms with Crippen molar-refractivity contribution in [2.75, 3.05) is 20.3 Å². The van der Waals surface area contributed by atoms with Crippen molar-refractivity contribution < 1.29 is 42.7 Å². The van der Waals surface area contributed by atoms with Gasteiger partial charge in [-0.2, -0.15) is 0 Å². The predicted octanol–water partition coefficient (Wildman–Crippen LogP) is 6.52. The molecule has 3 saturated carbocycles. The van der Waals surface area contributed by atoms with Crippen LogP contribution in [-0.2, 0) is 33.2 Å². The molecule has 4 saturated heterocycles. The van der Waals surface area contributed by atoms with Gasteiger partial charge in [-0.1, -0.05) is 30.2 Å². The molecule has 0 aromatic rings. The van der Waals surface area contributed by atoms with Crippen LogP contribution in [0.1, 0.15) is 113 Å². The van der Waals surface area contributed by atoms with Crippen LogP contribution in [0, 0.1) is 17.8 Å². The maximum Gasteiger partial charge on any atom is 0.407 e. The minimum atomic E-state index is -0.415. The molecule has 3 aliphatic carbocycles. The van der Waals surface area contributed by atoms with Crippen LogP contribution in [0.2, 0.25) is 0 Å². The summed E-state index contributed by atoms with van der Waals surface area (Å²) in [6.07, 6.45) is 11.0. The van der Waals surface area contributed by atoms with Crippen LogP contribution >= 0.6 is 0 Å². The number of methoxy groups -OCH3 is 1. The number of hydrogen-bond acceptors (Lipinski definition) is 9. The number of allylic oxidation sites excluding steroid dienone is 2. The molecule has 7 aliphatic rings. The first kappa shape index (κ1) is 37.1. The van der Waals surface area contributed by atoms with Gasteiger partial charge in [-0.3, -0.25) is 0 Å². The lowest BCUT2D eigenvalue weighted by molar-refractivity contribution is -0.118. The SMILES string of the molecule is CO[C@@H]1[C@H](OC(=O)N[C@H]2CC[C@H](NC(=O)O[C@@H]3CC[C@]4(CO4)[C@@H]([C@@]4(C)O[C@@H]4CC=C(C)C)[C@@H]3C)CC2)CC[C@]2(CO2)[C@H]1[C@@]1(C)O[C@@H]1CC=C(C)C. The summed E-state index contributed by atoms with van der Waals surface area (Å²) in [5.41, 5.74) is 1.51. The van der Waals surface area contributed by atoms with Gasteiger partial charge >= 0.3 is 12.2 Å². The van der Waals surface area contributed by atoms with Crippen molar-refractivity contribution in [1.82, 2.24) is 10.6 Å². The molecule has 0 aromatic heterocycles. The summed E-state index contributed by atoms with van der Waals surface area (Å²) in [7, 11) is 1.69. The van der Waals surface area contributed by atoms with Crippen molar-refractivity contribution in [3.05, 3.63) is 23.3 Å². The second-order valence-corrected chi connectivity index (χ2v) is 17.6. The summed E-state index contributed by atoms with van der Waals surface area (Å²) in [6.45, 7) is 16.4. The van der Waals surface area contributed by atoms with Crippen molar-refractivity contribution in [3.63, 3.8) is 0 Å². The van der Waals surface area contributed by atoms with Crippen LogP contribution in [0.3, 0.4) is 0 Å². The molecule has 0 radical (unpaired) electrons. The monoisotopic (exact) mass is 714 g/mol. The average molecular weight is 715 g/mol. The van der Waals surface area contributed by atoms with Crippen molar-refractivity contribution >= 4 is 12.2 Å². The molecule has 4 heterocycles. The van der Waals surface area contributed by atoms with Gasteiger partial charge in [0.15, 0.2) is 0 Å². The number of epoxide rings is 4. The molecule has 0 bridgehead atoms. The molecular formula is C40H62N2O9. The number of ether oxygens (including phenoxy) is 7. The molecule has 12 atom stereocenters. The van der Waals surface area contributed by atoms with Gasteiger partial charge in [-0.05, 0) is 106 Å². The Bertz CT molecular complexity index is 1380. The van der Waals surface area contributed by atoms with Gasteiger partial charge in [-0.15, -0.1) is 0 Å². The van der Waals surface area contributed by atoms with E-state index in [-0.39, 0.29) is 88.9 Å². The summed E-state index contributed by atoms with van der Waals surface area (Å²) in [5.74, 6) is 0.297. The molecular weight excluding hydrogens is 652 g/mol. The molecule has 0 aromatic carbocycles. The van der Waals surface area contributed by atoms with Crippen molar-refractivity contribution in [3.8, 4) is 0 Å². The third kappa shape index (κ3) is 7.48. The number of carbonyl (C=O) groups is 2. The van der Waals surface area contributed by atoms with E-state index in [2.05, 4.69) is 71.3 Å². The average Bonchev–Trinajstić information content (AvgIpc) is 3.94. The van der Waals surface area contributed by atoms with Crippen LogP contribution in [0.25, 0.3) is 0 Å². The maximum atomic E-state index is 13.2. The number of amides is 2. The molecule has 2 amide bonds. The van der Waals surface area contributed by atoms with Crippen LogP contribution < -0.4 is 10.6 Å². The predicted molar refractivity (Wildman–Crippen MR) is 190 cm³/mol. The largest absolute Gasteiger partial charge is 0.446 e. The lowest BCUT2D eigenvalue weighted by Gasteiger charge is -2.42. The zero-order valence-corrected chi connectivity index (χ0v) is 32.1. The zero-order chi connectivity index (χ0) is 36.3. The highest BCUT2D eigenvalue weighted by molar-refractivity contribution is 5.68. The number of rotatable bonds is 11. The van der Waals surface area contributed by atoms with Gasteiger partial charge in [-0.25, -0.2) is 9.59 Å². The smallest absolute Gasteiger partial charge is 0.407 e. The first-order valence-corrected chi connectivity index (χ1v) is 19.6. The number of nitrogens with one attached hydrogen (secondary N) is 2. The molecule has 51 heavy (non-hydrogen) atoms. The Hall–Kier alpha value is -2.18. The van der Waals surface area contributed by atoms with E-state index in [0.717, 1.165) is 64.4 Å². The quantitative estimate of drug-likeness (QED) is 0.181.